The average Bonchev–Trinajstić information content (AvgIpc) is 2.58. The van der Waals surface area contributed by atoms with Crippen LogP contribution in [0.3, 0.4) is 0 Å². The molecule has 24 heavy (non-hydrogen) atoms. The maximum atomic E-state index is 11.9. The topological polar surface area (TPSA) is 130 Å². The van der Waals surface area contributed by atoms with Crippen LogP contribution in [0, 0.1) is 0 Å². The Hall–Kier alpha value is -3.23. The number of hydrogen-bond acceptors (Lipinski definition) is 6. The lowest BCUT2D eigenvalue weighted by atomic mass is 10.2. The summed E-state index contributed by atoms with van der Waals surface area (Å²) in [5.74, 6) is -1.02. The van der Waals surface area contributed by atoms with Crippen LogP contribution in [0.5, 0.6) is 0 Å². The molecule has 0 aliphatic carbocycles. The minimum Gasteiger partial charge on any atom is -0.456 e. The molecular weight excluding hydrogens is 316 g/mol. The Morgan fingerprint density at radius 1 is 1.25 bits per heavy atom. The monoisotopic (exact) mass is 332 g/mol. The lowest BCUT2D eigenvalue weighted by molar-refractivity contribution is -0.148. The van der Waals surface area contributed by atoms with E-state index in [0.29, 0.717) is 16.7 Å². The Bertz CT molecular complexity index is 830. The number of aromatic nitrogens is 2. The number of imide groups is 1. The van der Waals surface area contributed by atoms with Gasteiger partial charge in [-0.25, -0.2) is 9.78 Å². The van der Waals surface area contributed by atoms with E-state index >= 15 is 0 Å². The first kappa shape index (κ1) is 17.1. The molecule has 0 fully saturated rings. The highest BCUT2D eigenvalue weighted by molar-refractivity contribution is 5.95. The highest BCUT2D eigenvalue weighted by atomic mass is 16.5. The van der Waals surface area contributed by atoms with Crippen molar-refractivity contribution >= 4 is 28.8 Å². The van der Waals surface area contributed by atoms with Crippen molar-refractivity contribution in [3.05, 3.63) is 40.4 Å². The molecule has 0 aliphatic rings. The summed E-state index contributed by atoms with van der Waals surface area (Å²) in [6, 6.07) is 6.17. The van der Waals surface area contributed by atoms with E-state index in [1.807, 2.05) is 5.32 Å². The van der Waals surface area contributed by atoms with E-state index in [1.54, 1.807) is 24.3 Å². The third-order valence-electron chi connectivity index (χ3n) is 3.07. The molecule has 0 saturated heterocycles. The molecule has 0 bridgehead atoms. The number of amides is 3. The van der Waals surface area contributed by atoms with E-state index in [0.717, 1.165) is 0 Å². The molecule has 0 spiro atoms. The molecule has 0 aliphatic heterocycles. The summed E-state index contributed by atoms with van der Waals surface area (Å²) in [6.07, 6.45) is 0.102. The second-order valence-corrected chi connectivity index (χ2v) is 4.82. The molecule has 3 N–H and O–H groups in total. The third kappa shape index (κ3) is 4.63. The minimum atomic E-state index is -0.736. The average molecular weight is 332 g/mol. The van der Waals surface area contributed by atoms with Crippen molar-refractivity contribution in [2.24, 2.45) is 0 Å². The molecule has 2 aromatic rings. The Kier molecular flexibility index (Phi) is 5.61. The molecule has 0 radical (unpaired) electrons. The fraction of sp³-hybridized carbons (Fsp3) is 0.267. The maximum absolute atomic E-state index is 11.9. The number of para-hydroxylation sites is 1. The molecular formula is C15H16N4O5. The van der Waals surface area contributed by atoms with Crippen LogP contribution < -0.4 is 16.2 Å². The number of aromatic amines is 1. The van der Waals surface area contributed by atoms with E-state index in [9.17, 15) is 19.2 Å². The van der Waals surface area contributed by atoms with Crippen molar-refractivity contribution in [3.63, 3.8) is 0 Å². The van der Waals surface area contributed by atoms with Gasteiger partial charge in [-0.2, -0.15) is 0 Å². The molecule has 9 nitrogen and oxygen atoms in total. The van der Waals surface area contributed by atoms with Crippen LogP contribution in [0.1, 0.15) is 12.2 Å². The van der Waals surface area contributed by atoms with E-state index in [2.05, 4.69) is 15.3 Å². The predicted octanol–water partition coefficient (Wildman–Crippen LogP) is -0.145. The van der Waals surface area contributed by atoms with Crippen LogP contribution in [0.4, 0.5) is 4.79 Å². The highest BCUT2D eigenvalue weighted by Crippen LogP contribution is 2.06. The Balaban J connectivity index is 1.87. The van der Waals surface area contributed by atoms with Gasteiger partial charge in [0.05, 0.1) is 17.3 Å². The number of urea groups is 1. The quantitative estimate of drug-likeness (QED) is 0.653. The normalized spacial score (nSPS) is 10.2. The Morgan fingerprint density at radius 3 is 2.75 bits per heavy atom. The molecule has 126 valence electrons. The van der Waals surface area contributed by atoms with Gasteiger partial charge in [-0.3, -0.25) is 19.7 Å². The van der Waals surface area contributed by atoms with Crippen molar-refractivity contribution < 1.29 is 19.1 Å². The number of esters is 1. The van der Waals surface area contributed by atoms with Gasteiger partial charge in [0.2, 0.25) is 0 Å². The van der Waals surface area contributed by atoms with Gasteiger partial charge in [0.1, 0.15) is 5.82 Å². The molecule has 1 aromatic carbocycles. The summed E-state index contributed by atoms with van der Waals surface area (Å²) in [5, 5.41) is 4.62. The van der Waals surface area contributed by atoms with Crippen molar-refractivity contribution in [3.8, 4) is 0 Å². The zero-order valence-corrected chi connectivity index (χ0v) is 12.9. The Morgan fingerprint density at radius 2 is 2.00 bits per heavy atom. The minimum absolute atomic E-state index is 0.0610. The fourth-order valence-electron chi connectivity index (χ4n) is 1.92. The zero-order chi connectivity index (χ0) is 17.5. The second kappa shape index (κ2) is 7.86. The number of benzene rings is 1. The number of carbonyl (C=O) groups excluding carboxylic acids is 3. The Labute approximate surface area is 136 Å². The smallest absolute Gasteiger partial charge is 0.321 e. The van der Waals surface area contributed by atoms with Crippen molar-refractivity contribution in [2.45, 2.75) is 12.8 Å². The van der Waals surface area contributed by atoms with Crippen LogP contribution in [0.25, 0.3) is 10.9 Å². The largest absolute Gasteiger partial charge is 0.456 e. The first-order valence-electron chi connectivity index (χ1n) is 7.14. The van der Waals surface area contributed by atoms with Gasteiger partial charge in [-0.15, -0.1) is 0 Å². The number of carbonyl (C=O) groups is 3. The van der Waals surface area contributed by atoms with Crippen LogP contribution >= 0.6 is 0 Å². The summed E-state index contributed by atoms with van der Waals surface area (Å²) >= 11 is 0. The van der Waals surface area contributed by atoms with Gasteiger partial charge in [-0.1, -0.05) is 12.1 Å². The summed E-state index contributed by atoms with van der Waals surface area (Å²) in [7, 11) is 1.35. The number of fused-ring (bicyclic) bond motifs is 1. The molecule has 0 saturated carbocycles. The second-order valence-electron chi connectivity index (χ2n) is 4.82. The van der Waals surface area contributed by atoms with E-state index in [-0.39, 0.29) is 18.4 Å². The van der Waals surface area contributed by atoms with Crippen molar-refractivity contribution in [2.75, 3.05) is 13.7 Å². The SMILES string of the molecule is CNC(=O)NC(=O)COC(=O)CCc1nc2ccccc2c(=O)[nH]1. The van der Waals surface area contributed by atoms with Gasteiger partial charge in [0, 0.05) is 13.5 Å². The number of aryl methyl sites for hydroxylation is 1. The number of rotatable bonds is 5. The molecule has 2 rings (SSSR count). The number of nitrogens with one attached hydrogen (secondary N) is 3. The lowest BCUT2D eigenvalue weighted by Crippen LogP contribution is -2.39. The van der Waals surface area contributed by atoms with Crippen LogP contribution in [-0.2, 0) is 20.7 Å². The van der Waals surface area contributed by atoms with Gasteiger partial charge in [0.15, 0.2) is 6.61 Å². The molecule has 0 atom stereocenters. The molecule has 3 amide bonds. The fourth-order valence-corrected chi connectivity index (χ4v) is 1.92. The van der Waals surface area contributed by atoms with Gasteiger partial charge >= 0.3 is 12.0 Å². The summed E-state index contributed by atoms with van der Waals surface area (Å²) in [6.45, 7) is -0.562. The zero-order valence-electron chi connectivity index (χ0n) is 12.9. The maximum Gasteiger partial charge on any atom is 0.321 e. The van der Waals surface area contributed by atoms with E-state index in [1.165, 1.54) is 7.05 Å². The van der Waals surface area contributed by atoms with Crippen LogP contribution in [-0.4, -0.2) is 41.5 Å². The van der Waals surface area contributed by atoms with E-state index < -0.39 is 24.5 Å². The van der Waals surface area contributed by atoms with E-state index in [4.69, 9.17) is 4.74 Å². The summed E-state index contributed by atoms with van der Waals surface area (Å²) in [5.41, 5.74) is 0.253. The van der Waals surface area contributed by atoms with Gasteiger partial charge in [0.25, 0.3) is 11.5 Å². The molecule has 1 heterocycles. The summed E-state index contributed by atoms with van der Waals surface area (Å²) < 4.78 is 4.74. The van der Waals surface area contributed by atoms with Crippen molar-refractivity contribution in [1.29, 1.82) is 0 Å². The van der Waals surface area contributed by atoms with Gasteiger partial charge < -0.3 is 15.0 Å². The molecule has 1 aromatic heterocycles. The lowest BCUT2D eigenvalue weighted by Gasteiger charge is -2.05. The number of H-pyrrole nitrogens is 1. The van der Waals surface area contributed by atoms with Crippen LogP contribution in [0.2, 0.25) is 0 Å². The predicted molar refractivity (Wildman–Crippen MR) is 84.2 cm³/mol. The first-order chi connectivity index (χ1) is 11.5. The highest BCUT2D eigenvalue weighted by Gasteiger charge is 2.11. The first-order valence-corrected chi connectivity index (χ1v) is 7.14. The van der Waals surface area contributed by atoms with Crippen LogP contribution in [0.15, 0.2) is 29.1 Å². The third-order valence-corrected chi connectivity index (χ3v) is 3.07. The molecule has 0 unspecified atom stereocenters. The number of ether oxygens (including phenoxy) is 1. The number of nitrogens with zero attached hydrogens (tertiary/aromatic N) is 1. The van der Waals surface area contributed by atoms with Gasteiger partial charge in [-0.05, 0) is 12.1 Å². The van der Waals surface area contributed by atoms with Crippen molar-refractivity contribution in [1.82, 2.24) is 20.6 Å². The number of hydrogen-bond donors (Lipinski definition) is 3. The molecule has 9 heteroatoms. The standard InChI is InChI=1S/C15H16N4O5/c1-16-15(23)19-12(20)8-24-13(21)7-6-11-17-10-5-3-2-4-9(10)14(22)18-11/h2-5H,6-8H2,1H3,(H,17,18,22)(H2,16,19,20,23). The summed E-state index contributed by atoms with van der Waals surface area (Å²) in [4.78, 5) is 52.5.